The Kier molecular flexibility index (Phi) is 4.16. The SMILES string of the molecule is C[C@@H](NC(=O)c1nc2sc3c(c2c(=O)[nH]1)CCC3)C1CCCCC1. The van der Waals surface area contributed by atoms with Gasteiger partial charge in [0.05, 0.1) is 5.39 Å². The van der Waals surface area contributed by atoms with Crippen LogP contribution in [0.1, 0.15) is 66.5 Å². The summed E-state index contributed by atoms with van der Waals surface area (Å²) in [5.74, 6) is 0.416. The number of nitrogens with one attached hydrogen (secondary N) is 2. The Morgan fingerprint density at radius 3 is 2.83 bits per heavy atom. The molecule has 2 aromatic rings. The first-order valence-electron chi connectivity index (χ1n) is 8.99. The molecule has 2 heterocycles. The lowest BCUT2D eigenvalue weighted by molar-refractivity contribution is 0.0909. The molecule has 2 N–H and O–H groups in total. The van der Waals surface area contributed by atoms with E-state index in [0.717, 1.165) is 24.8 Å². The molecule has 1 atom stereocenters. The summed E-state index contributed by atoms with van der Waals surface area (Å²) in [5.41, 5.74) is 0.973. The van der Waals surface area contributed by atoms with Gasteiger partial charge in [-0.25, -0.2) is 4.98 Å². The number of aromatic amines is 1. The number of carbonyl (C=O) groups is 1. The molecule has 0 aliphatic heterocycles. The van der Waals surface area contributed by atoms with E-state index in [1.807, 2.05) is 0 Å². The Bertz CT molecular complexity index is 833. The molecule has 0 spiro atoms. The van der Waals surface area contributed by atoms with Gasteiger partial charge in [0.15, 0.2) is 0 Å². The van der Waals surface area contributed by atoms with Gasteiger partial charge < -0.3 is 10.3 Å². The molecule has 0 bridgehead atoms. The fraction of sp³-hybridized carbons (Fsp3) is 0.611. The van der Waals surface area contributed by atoms with Crippen LogP contribution in [-0.4, -0.2) is 21.9 Å². The van der Waals surface area contributed by atoms with Crippen LogP contribution in [0.2, 0.25) is 0 Å². The van der Waals surface area contributed by atoms with Gasteiger partial charge in [-0.3, -0.25) is 9.59 Å². The number of nitrogens with zero attached hydrogens (tertiary/aromatic N) is 1. The summed E-state index contributed by atoms with van der Waals surface area (Å²) in [6, 6.07) is 0.118. The van der Waals surface area contributed by atoms with Gasteiger partial charge in [-0.05, 0) is 50.5 Å². The average Bonchev–Trinajstić information content (AvgIpc) is 3.15. The molecule has 0 unspecified atom stereocenters. The number of fused-ring (bicyclic) bond motifs is 3. The second-order valence-corrected chi connectivity index (χ2v) is 8.20. The van der Waals surface area contributed by atoms with Crippen molar-refractivity contribution in [2.24, 2.45) is 5.92 Å². The first kappa shape index (κ1) is 15.8. The van der Waals surface area contributed by atoms with Crippen LogP contribution in [0, 0.1) is 5.92 Å². The number of thiophene rings is 1. The predicted molar refractivity (Wildman–Crippen MR) is 95.8 cm³/mol. The summed E-state index contributed by atoms with van der Waals surface area (Å²) < 4.78 is 0. The zero-order chi connectivity index (χ0) is 16.7. The number of amides is 1. The summed E-state index contributed by atoms with van der Waals surface area (Å²) in [6.45, 7) is 2.06. The normalized spacial score (nSPS) is 19.4. The fourth-order valence-corrected chi connectivity index (χ4v) is 5.40. The lowest BCUT2D eigenvalue weighted by atomic mass is 9.84. The van der Waals surface area contributed by atoms with Gasteiger partial charge in [0.1, 0.15) is 4.83 Å². The second-order valence-electron chi connectivity index (χ2n) is 7.11. The maximum Gasteiger partial charge on any atom is 0.287 e. The van der Waals surface area contributed by atoms with E-state index in [2.05, 4.69) is 22.2 Å². The third-order valence-electron chi connectivity index (χ3n) is 5.51. The number of carbonyl (C=O) groups excluding carboxylic acids is 1. The van der Waals surface area contributed by atoms with Crippen LogP contribution in [-0.2, 0) is 12.8 Å². The highest BCUT2D eigenvalue weighted by Crippen LogP contribution is 2.34. The molecule has 5 nitrogen and oxygen atoms in total. The lowest BCUT2D eigenvalue weighted by Crippen LogP contribution is -2.40. The van der Waals surface area contributed by atoms with Crippen molar-refractivity contribution < 1.29 is 4.79 Å². The molecule has 2 aliphatic rings. The minimum Gasteiger partial charge on any atom is -0.347 e. The average molecular weight is 345 g/mol. The van der Waals surface area contributed by atoms with Crippen molar-refractivity contribution in [1.82, 2.24) is 15.3 Å². The van der Waals surface area contributed by atoms with Crippen LogP contribution in [0.25, 0.3) is 10.2 Å². The monoisotopic (exact) mass is 345 g/mol. The number of aryl methyl sites for hydroxylation is 2. The van der Waals surface area contributed by atoms with Crippen LogP contribution in [0.3, 0.4) is 0 Å². The van der Waals surface area contributed by atoms with Crippen LogP contribution in [0.5, 0.6) is 0 Å². The number of hydrogen-bond acceptors (Lipinski definition) is 4. The number of aromatic nitrogens is 2. The molecule has 1 saturated carbocycles. The van der Waals surface area contributed by atoms with E-state index in [1.54, 1.807) is 11.3 Å². The molecule has 0 aromatic carbocycles. The van der Waals surface area contributed by atoms with Crippen molar-refractivity contribution in [1.29, 1.82) is 0 Å². The first-order valence-corrected chi connectivity index (χ1v) is 9.80. The van der Waals surface area contributed by atoms with Crippen LogP contribution in [0.4, 0.5) is 0 Å². The minimum atomic E-state index is -0.263. The minimum absolute atomic E-state index is 0.118. The van der Waals surface area contributed by atoms with Crippen molar-refractivity contribution in [2.75, 3.05) is 0 Å². The zero-order valence-corrected chi connectivity index (χ0v) is 14.8. The summed E-state index contributed by atoms with van der Waals surface area (Å²) in [6.07, 6.45) is 9.20. The van der Waals surface area contributed by atoms with Crippen molar-refractivity contribution >= 4 is 27.5 Å². The summed E-state index contributed by atoms with van der Waals surface area (Å²) in [5, 5.41) is 3.74. The highest BCUT2D eigenvalue weighted by atomic mass is 32.1. The van der Waals surface area contributed by atoms with Crippen LogP contribution < -0.4 is 10.9 Å². The van der Waals surface area contributed by atoms with Crippen LogP contribution >= 0.6 is 11.3 Å². The van der Waals surface area contributed by atoms with E-state index < -0.39 is 0 Å². The third kappa shape index (κ3) is 2.77. The maximum absolute atomic E-state index is 12.5. The van der Waals surface area contributed by atoms with Gasteiger partial charge in [-0.1, -0.05) is 19.3 Å². The molecule has 0 saturated heterocycles. The van der Waals surface area contributed by atoms with E-state index >= 15 is 0 Å². The van der Waals surface area contributed by atoms with E-state index in [9.17, 15) is 9.59 Å². The van der Waals surface area contributed by atoms with Gasteiger partial charge in [-0.15, -0.1) is 11.3 Å². The highest BCUT2D eigenvalue weighted by Gasteiger charge is 2.25. The smallest absolute Gasteiger partial charge is 0.287 e. The maximum atomic E-state index is 12.5. The Morgan fingerprint density at radius 1 is 1.25 bits per heavy atom. The van der Waals surface area contributed by atoms with Crippen LogP contribution in [0.15, 0.2) is 4.79 Å². The molecule has 24 heavy (non-hydrogen) atoms. The molecule has 128 valence electrons. The van der Waals surface area contributed by atoms with Gasteiger partial charge in [0.25, 0.3) is 11.5 Å². The van der Waals surface area contributed by atoms with Gasteiger partial charge >= 0.3 is 0 Å². The third-order valence-corrected chi connectivity index (χ3v) is 6.69. The molecule has 4 rings (SSSR count). The number of rotatable bonds is 3. The van der Waals surface area contributed by atoms with Crippen molar-refractivity contribution in [3.05, 3.63) is 26.6 Å². The largest absolute Gasteiger partial charge is 0.347 e. The van der Waals surface area contributed by atoms with Crippen molar-refractivity contribution in [3.63, 3.8) is 0 Å². The topological polar surface area (TPSA) is 74.8 Å². The molecular formula is C18H23N3O2S. The van der Waals surface area contributed by atoms with E-state index in [1.165, 1.54) is 37.0 Å². The van der Waals surface area contributed by atoms with Gasteiger partial charge in [0.2, 0.25) is 5.82 Å². The Hall–Kier alpha value is -1.69. The molecule has 0 radical (unpaired) electrons. The van der Waals surface area contributed by atoms with E-state index in [4.69, 9.17) is 0 Å². The van der Waals surface area contributed by atoms with E-state index in [0.29, 0.717) is 16.1 Å². The highest BCUT2D eigenvalue weighted by molar-refractivity contribution is 7.18. The molecule has 6 heteroatoms. The summed E-state index contributed by atoms with van der Waals surface area (Å²) >= 11 is 1.57. The molecule has 1 fully saturated rings. The second kappa shape index (κ2) is 6.31. The Balaban J connectivity index is 1.57. The van der Waals surface area contributed by atoms with Crippen molar-refractivity contribution in [2.45, 2.75) is 64.3 Å². The molecule has 1 amide bonds. The summed E-state index contributed by atoms with van der Waals surface area (Å²) in [4.78, 5) is 34.1. The number of H-pyrrole nitrogens is 1. The Labute approximate surface area is 144 Å². The quantitative estimate of drug-likeness (QED) is 0.897. The van der Waals surface area contributed by atoms with Gasteiger partial charge in [0, 0.05) is 10.9 Å². The van der Waals surface area contributed by atoms with Gasteiger partial charge in [-0.2, -0.15) is 0 Å². The molecule has 2 aliphatic carbocycles. The van der Waals surface area contributed by atoms with E-state index in [-0.39, 0.29) is 23.3 Å². The first-order chi connectivity index (χ1) is 11.6. The standard InChI is InChI=1S/C18H23N3O2S/c1-10(11-6-3-2-4-7-11)19-17(23)15-20-16(22)14-12-8-5-9-13(12)24-18(14)21-15/h10-11H,2-9H2,1H3,(H,19,23)(H,20,21,22)/t10-/m1/s1. The number of hydrogen-bond donors (Lipinski definition) is 2. The molecule has 2 aromatic heterocycles. The fourth-order valence-electron chi connectivity index (χ4n) is 4.14. The van der Waals surface area contributed by atoms with Crippen molar-refractivity contribution in [3.8, 4) is 0 Å². The lowest BCUT2D eigenvalue weighted by Gasteiger charge is -2.28. The molecular weight excluding hydrogens is 322 g/mol. The predicted octanol–water partition coefficient (Wildman–Crippen LogP) is 3.17. The zero-order valence-electron chi connectivity index (χ0n) is 14.0. The Morgan fingerprint density at radius 2 is 2.04 bits per heavy atom. The summed E-state index contributed by atoms with van der Waals surface area (Å²) in [7, 11) is 0.